The molecule has 0 radical (unpaired) electrons. The summed E-state index contributed by atoms with van der Waals surface area (Å²) < 4.78 is 32.4. The Labute approximate surface area is 172 Å². The number of halogens is 2. The van der Waals surface area contributed by atoms with Gasteiger partial charge in [-0.2, -0.15) is 0 Å². The maximum Gasteiger partial charge on any atom is 0.287 e. The minimum atomic E-state index is -0.694. The molecular weight excluding hydrogens is 392 g/mol. The van der Waals surface area contributed by atoms with Gasteiger partial charge >= 0.3 is 0 Å². The van der Waals surface area contributed by atoms with Gasteiger partial charge in [0.25, 0.3) is 5.91 Å². The first-order valence-corrected chi connectivity index (χ1v) is 9.33. The molecule has 8 heteroatoms. The van der Waals surface area contributed by atoms with E-state index in [4.69, 9.17) is 4.42 Å². The van der Waals surface area contributed by atoms with Crippen LogP contribution in [-0.4, -0.2) is 29.9 Å². The van der Waals surface area contributed by atoms with E-state index in [1.165, 1.54) is 31.4 Å². The molecule has 30 heavy (non-hydrogen) atoms. The van der Waals surface area contributed by atoms with E-state index in [0.29, 0.717) is 22.6 Å². The van der Waals surface area contributed by atoms with Crippen molar-refractivity contribution in [3.05, 3.63) is 66.1 Å². The first kappa shape index (κ1) is 21.2. The van der Waals surface area contributed by atoms with Crippen LogP contribution in [0.5, 0.6) is 0 Å². The fourth-order valence-corrected chi connectivity index (χ4v) is 2.93. The average molecular weight is 413 g/mol. The van der Waals surface area contributed by atoms with Crippen molar-refractivity contribution in [1.29, 1.82) is 0 Å². The first-order chi connectivity index (χ1) is 14.3. The fourth-order valence-electron chi connectivity index (χ4n) is 2.93. The van der Waals surface area contributed by atoms with E-state index in [1.807, 2.05) is 13.8 Å². The van der Waals surface area contributed by atoms with Crippen molar-refractivity contribution >= 4 is 11.8 Å². The lowest BCUT2D eigenvalue weighted by atomic mass is 10.0. The average Bonchev–Trinajstić information content (AvgIpc) is 3.21. The Morgan fingerprint density at radius 1 is 1.00 bits per heavy atom. The number of aromatic nitrogens is 1. The molecule has 0 aliphatic heterocycles. The zero-order valence-corrected chi connectivity index (χ0v) is 16.7. The highest BCUT2D eigenvalue weighted by atomic mass is 19.1. The Kier molecular flexibility index (Phi) is 6.25. The molecule has 0 saturated carbocycles. The van der Waals surface area contributed by atoms with Gasteiger partial charge in [0.05, 0.1) is 0 Å². The van der Waals surface area contributed by atoms with Crippen molar-refractivity contribution in [2.24, 2.45) is 5.92 Å². The first-order valence-electron chi connectivity index (χ1n) is 9.33. The van der Waals surface area contributed by atoms with Gasteiger partial charge in [0, 0.05) is 24.9 Å². The van der Waals surface area contributed by atoms with Crippen molar-refractivity contribution in [2.75, 3.05) is 7.05 Å². The lowest BCUT2D eigenvalue weighted by Crippen LogP contribution is -2.48. The summed E-state index contributed by atoms with van der Waals surface area (Å²) in [6.45, 7) is 3.65. The van der Waals surface area contributed by atoms with Crippen molar-refractivity contribution in [1.82, 2.24) is 15.6 Å². The second kappa shape index (κ2) is 8.86. The van der Waals surface area contributed by atoms with Crippen LogP contribution in [0.3, 0.4) is 0 Å². The predicted octanol–water partition coefficient (Wildman–Crippen LogP) is 3.79. The van der Waals surface area contributed by atoms with E-state index >= 15 is 0 Å². The summed E-state index contributed by atoms with van der Waals surface area (Å²) >= 11 is 0. The molecule has 1 aromatic carbocycles. The second-order valence-corrected chi connectivity index (χ2v) is 7.06. The van der Waals surface area contributed by atoms with Crippen LogP contribution in [-0.2, 0) is 4.79 Å². The van der Waals surface area contributed by atoms with Crippen molar-refractivity contribution < 1.29 is 22.8 Å². The fraction of sp³-hybridized carbons (Fsp3) is 0.227. The molecule has 2 heterocycles. The number of benzene rings is 1. The third kappa shape index (κ3) is 4.71. The van der Waals surface area contributed by atoms with Gasteiger partial charge in [0.1, 0.15) is 23.4 Å². The molecule has 2 N–H and O–H groups in total. The largest absolute Gasteiger partial charge is 0.449 e. The number of nitrogens with one attached hydrogen (secondary N) is 2. The number of nitrogens with zero attached hydrogens (tertiary/aromatic N) is 1. The molecule has 6 nitrogen and oxygen atoms in total. The number of likely N-dealkylation sites (N-methyl/N-ethyl adjacent to an activating group) is 1. The molecule has 0 saturated heterocycles. The normalized spacial score (nSPS) is 11.9. The van der Waals surface area contributed by atoms with Crippen molar-refractivity contribution in [2.45, 2.75) is 19.9 Å². The van der Waals surface area contributed by atoms with Gasteiger partial charge in [0.2, 0.25) is 5.91 Å². The van der Waals surface area contributed by atoms with E-state index in [9.17, 15) is 18.4 Å². The van der Waals surface area contributed by atoms with Crippen molar-refractivity contribution in [3.63, 3.8) is 0 Å². The number of carbonyl (C=O) groups is 2. The zero-order valence-electron chi connectivity index (χ0n) is 16.7. The Morgan fingerprint density at radius 2 is 1.70 bits per heavy atom. The predicted molar refractivity (Wildman–Crippen MR) is 107 cm³/mol. The van der Waals surface area contributed by atoms with Gasteiger partial charge in [-0.05, 0) is 41.8 Å². The molecule has 2 amide bonds. The van der Waals surface area contributed by atoms with Gasteiger partial charge < -0.3 is 15.1 Å². The number of carbonyl (C=O) groups excluding carboxylic acids is 2. The van der Waals surface area contributed by atoms with Crippen LogP contribution in [0.1, 0.15) is 24.4 Å². The molecule has 156 valence electrons. The lowest BCUT2D eigenvalue weighted by Gasteiger charge is -2.19. The summed E-state index contributed by atoms with van der Waals surface area (Å²) in [7, 11) is 1.50. The molecule has 0 aliphatic carbocycles. The standard InChI is InChI=1S/C22H21F2N3O3/c1-12(2)20(22(29)25-3)27-21(28)19-7-6-18(30-19)17-5-4-13(11-26-17)14-8-15(23)10-16(24)9-14/h4-12,20H,1-3H3,(H,25,29)(H,27,28)/t20-/m0/s1. The van der Waals surface area contributed by atoms with Crippen LogP contribution < -0.4 is 10.6 Å². The highest BCUT2D eigenvalue weighted by Crippen LogP contribution is 2.25. The van der Waals surface area contributed by atoms with Crippen LogP contribution in [0, 0.1) is 17.6 Å². The molecule has 3 aromatic rings. The molecule has 2 aromatic heterocycles. The number of furan rings is 1. The van der Waals surface area contributed by atoms with E-state index in [0.717, 1.165) is 6.07 Å². The number of amides is 2. The van der Waals surface area contributed by atoms with E-state index in [2.05, 4.69) is 15.6 Å². The number of hydrogen-bond acceptors (Lipinski definition) is 4. The van der Waals surface area contributed by atoms with Crippen LogP contribution in [0.4, 0.5) is 8.78 Å². The Balaban J connectivity index is 1.77. The molecule has 0 fully saturated rings. The lowest BCUT2D eigenvalue weighted by molar-refractivity contribution is -0.123. The molecule has 1 atom stereocenters. The second-order valence-electron chi connectivity index (χ2n) is 7.06. The summed E-state index contributed by atoms with van der Waals surface area (Å²) in [5.74, 6) is -1.88. The number of pyridine rings is 1. The zero-order chi connectivity index (χ0) is 21.8. The minimum absolute atomic E-state index is 0.0395. The summed E-state index contributed by atoms with van der Waals surface area (Å²) in [4.78, 5) is 28.6. The van der Waals surface area contributed by atoms with E-state index in [1.54, 1.807) is 18.2 Å². The SMILES string of the molecule is CNC(=O)[C@@H](NC(=O)c1ccc(-c2ccc(-c3cc(F)cc(F)c3)cn2)o1)C(C)C. The third-order valence-electron chi connectivity index (χ3n) is 4.52. The summed E-state index contributed by atoms with van der Waals surface area (Å²) in [6, 6.07) is 8.89. The third-order valence-corrected chi connectivity index (χ3v) is 4.52. The molecule has 0 aliphatic rings. The van der Waals surface area contributed by atoms with Crippen molar-refractivity contribution in [3.8, 4) is 22.6 Å². The topological polar surface area (TPSA) is 84.2 Å². The van der Waals surface area contributed by atoms with Gasteiger partial charge in [0.15, 0.2) is 11.5 Å². The number of rotatable bonds is 6. The van der Waals surface area contributed by atoms with Crippen LogP contribution in [0.25, 0.3) is 22.6 Å². The van der Waals surface area contributed by atoms with Gasteiger partial charge in [-0.1, -0.05) is 19.9 Å². The number of hydrogen-bond donors (Lipinski definition) is 2. The summed E-state index contributed by atoms with van der Waals surface area (Å²) in [5, 5.41) is 5.17. The maximum absolute atomic E-state index is 13.4. The highest BCUT2D eigenvalue weighted by molar-refractivity contribution is 5.96. The Morgan fingerprint density at radius 3 is 2.27 bits per heavy atom. The quantitative estimate of drug-likeness (QED) is 0.644. The highest BCUT2D eigenvalue weighted by Gasteiger charge is 2.25. The molecular formula is C22H21F2N3O3. The van der Waals surface area contributed by atoms with Crippen LogP contribution in [0.15, 0.2) is 53.1 Å². The Hall–Kier alpha value is -3.55. The van der Waals surface area contributed by atoms with E-state index in [-0.39, 0.29) is 17.6 Å². The summed E-state index contributed by atoms with van der Waals surface area (Å²) in [6.07, 6.45) is 1.46. The van der Waals surface area contributed by atoms with Crippen LogP contribution in [0.2, 0.25) is 0 Å². The Bertz CT molecular complexity index is 1040. The minimum Gasteiger partial charge on any atom is -0.449 e. The maximum atomic E-state index is 13.4. The van der Waals surface area contributed by atoms with Gasteiger partial charge in [-0.3, -0.25) is 14.6 Å². The monoisotopic (exact) mass is 413 g/mol. The molecule has 0 bridgehead atoms. The van der Waals surface area contributed by atoms with Crippen LogP contribution >= 0.6 is 0 Å². The van der Waals surface area contributed by atoms with Gasteiger partial charge in [-0.25, -0.2) is 8.78 Å². The van der Waals surface area contributed by atoms with Gasteiger partial charge in [-0.15, -0.1) is 0 Å². The van der Waals surface area contributed by atoms with E-state index < -0.39 is 23.6 Å². The molecule has 3 rings (SSSR count). The molecule has 0 spiro atoms. The smallest absolute Gasteiger partial charge is 0.287 e. The molecule has 0 unspecified atom stereocenters. The summed E-state index contributed by atoms with van der Waals surface area (Å²) in [5.41, 5.74) is 1.34.